The van der Waals surface area contributed by atoms with Gasteiger partial charge in [0.2, 0.25) is 0 Å². The van der Waals surface area contributed by atoms with E-state index in [1.54, 1.807) is 36.4 Å². The molecule has 5 heteroatoms. The van der Waals surface area contributed by atoms with E-state index < -0.39 is 11.9 Å². The zero-order valence-corrected chi connectivity index (χ0v) is 11.8. The van der Waals surface area contributed by atoms with E-state index >= 15 is 0 Å². The summed E-state index contributed by atoms with van der Waals surface area (Å²) in [6.07, 6.45) is 0. The predicted molar refractivity (Wildman–Crippen MR) is 82.3 cm³/mol. The normalized spacial score (nSPS) is 15.0. The van der Waals surface area contributed by atoms with E-state index in [0.29, 0.717) is 22.4 Å². The Morgan fingerprint density at radius 3 is 2.50 bits per heavy atom. The van der Waals surface area contributed by atoms with Gasteiger partial charge in [-0.25, -0.2) is 4.79 Å². The molecule has 110 valence electrons. The standard InChI is InChI=1S/C17H13NO4/c1-22-17(21)11-7-8-12-13(9-11)18-16(20)14(12)15(19)10-5-3-2-4-6-10/h2-9,19H,1H3,(H,18,20). The van der Waals surface area contributed by atoms with Crippen molar-refractivity contribution in [1.82, 2.24) is 0 Å². The van der Waals surface area contributed by atoms with Crippen molar-refractivity contribution in [3.63, 3.8) is 0 Å². The van der Waals surface area contributed by atoms with Crippen LogP contribution in [0.1, 0.15) is 21.5 Å². The third kappa shape index (κ3) is 2.22. The van der Waals surface area contributed by atoms with Crippen molar-refractivity contribution in [2.75, 3.05) is 12.4 Å². The lowest BCUT2D eigenvalue weighted by molar-refractivity contribution is -0.110. The lowest BCUT2D eigenvalue weighted by Gasteiger charge is -2.05. The van der Waals surface area contributed by atoms with Gasteiger partial charge in [0.1, 0.15) is 5.76 Å². The first-order chi connectivity index (χ1) is 10.6. The highest BCUT2D eigenvalue weighted by Crippen LogP contribution is 2.36. The summed E-state index contributed by atoms with van der Waals surface area (Å²) in [4.78, 5) is 23.7. The Labute approximate surface area is 126 Å². The number of ether oxygens (including phenoxy) is 1. The van der Waals surface area contributed by atoms with Crippen LogP contribution in [0.25, 0.3) is 11.3 Å². The number of aliphatic hydroxyl groups excluding tert-OH is 1. The summed E-state index contributed by atoms with van der Waals surface area (Å²) in [7, 11) is 1.29. The third-order valence-electron chi connectivity index (χ3n) is 3.47. The number of hydrogen-bond donors (Lipinski definition) is 2. The smallest absolute Gasteiger partial charge is 0.337 e. The minimum atomic E-state index is -0.484. The van der Waals surface area contributed by atoms with Crippen molar-refractivity contribution >= 4 is 28.9 Å². The molecule has 0 saturated heterocycles. The molecule has 1 amide bonds. The molecule has 0 saturated carbocycles. The van der Waals surface area contributed by atoms with Crippen LogP contribution in [0.4, 0.5) is 5.69 Å². The molecule has 0 atom stereocenters. The first-order valence-corrected chi connectivity index (χ1v) is 6.64. The first kappa shape index (κ1) is 13.9. The molecule has 0 fully saturated rings. The van der Waals surface area contributed by atoms with Crippen molar-refractivity contribution in [1.29, 1.82) is 0 Å². The van der Waals surface area contributed by atoms with Crippen LogP contribution >= 0.6 is 0 Å². The second kappa shape index (κ2) is 5.37. The molecule has 0 spiro atoms. The van der Waals surface area contributed by atoms with Gasteiger partial charge >= 0.3 is 5.97 Å². The van der Waals surface area contributed by atoms with Crippen LogP contribution < -0.4 is 5.32 Å². The Morgan fingerprint density at radius 2 is 1.82 bits per heavy atom. The number of anilines is 1. The SMILES string of the molecule is COC(=O)c1ccc2c(c1)NC(=O)C2=C(O)c1ccccc1. The molecule has 0 aliphatic carbocycles. The van der Waals surface area contributed by atoms with Crippen molar-refractivity contribution in [2.24, 2.45) is 0 Å². The molecule has 22 heavy (non-hydrogen) atoms. The average molecular weight is 295 g/mol. The molecule has 3 rings (SSSR count). The van der Waals surface area contributed by atoms with E-state index in [2.05, 4.69) is 10.1 Å². The number of amides is 1. The van der Waals surface area contributed by atoms with Crippen molar-refractivity contribution in [3.8, 4) is 0 Å². The lowest BCUT2D eigenvalue weighted by atomic mass is 10.0. The number of fused-ring (bicyclic) bond motifs is 1. The fraction of sp³-hybridized carbons (Fsp3) is 0.0588. The molecule has 1 heterocycles. The molecule has 2 aromatic carbocycles. The summed E-state index contributed by atoms with van der Waals surface area (Å²) in [5.74, 6) is -0.984. The van der Waals surface area contributed by atoms with Gasteiger partial charge < -0.3 is 15.2 Å². The lowest BCUT2D eigenvalue weighted by Crippen LogP contribution is -2.06. The average Bonchev–Trinajstić information content (AvgIpc) is 2.89. The monoisotopic (exact) mass is 295 g/mol. The van der Waals surface area contributed by atoms with Gasteiger partial charge in [-0.3, -0.25) is 4.79 Å². The second-order valence-corrected chi connectivity index (χ2v) is 4.80. The molecular weight excluding hydrogens is 282 g/mol. The maximum Gasteiger partial charge on any atom is 0.337 e. The largest absolute Gasteiger partial charge is 0.506 e. The molecule has 1 aliphatic rings. The number of hydrogen-bond acceptors (Lipinski definition) is 4. The number of benzene rings is 2. The van der Waals surface area contributed by atoms with Crippen LogP contribution in [-0.4, -0.2) is 24.1 Å². The van der Waals surface area contributed by atoms with Crippen molar-refractivity contribution in [3.05, 3.63) is 65.2 Å². The van der Waals surface area contributed by atoms with Crippen molar-refractivity contribution in [2.45, 2.75) is 0 Å². The number of carbonyl (C=O) groups is 2. The fourth-order valence-corrected chi connectivity index (χ4v) is 2.39. The molecule has 2 N–H and O–H groups in total. The Balaban J connectivity index is 2.11. The van der Waals surface area contributed by atoms with E-state index in [0.717, 1.165) is 0 Å². The summed E-state index contributed by atoms with van der Waals surface area (Å²) in [6.45, 7) is 0. The first-order valence-electron chi connectivity index (χ1n) is 6.64. The topological polar surface area (TPSA) is 75.6 Å². The van der Waals surface area contributed by atoms with E-state index in [-0.39, 0.29) is 11.3 Å². The number of esters is 1. The summed E-state index contributed by atoms with van der Waals surface area (Å²) in [5.41, 5.74) is 2.11. The van der Waals surface area contributed by atoms with Gasteiger partial charge in [0.15, 0.2) is 0 Å². The molecule has 0 bridgehead atoms. The zero-order valence-electron chi connectivity index (χ0n) is 11.8. The van der Waals surface area contributed by atoms with E-state index in [4.69, 9.17) is 0 Å². The molecule has 0 aromatic heterocycles. The molecule has 1 aliphatic heterocycles. The highest BCUT2D eigenvalue weighted by atomic mass is 16.5. The highest BCUT2D eigenvalue weighted by Gasteiger charge is 2.29. The Bertz CT molecular complexity index is 794. The maximum atomic E-state index is 12.2. The van der Waals surface area contributed by atoms with Gasteiger partial charge in [-0.05, 0) is 12.1 Å². The van der Waals surface area contributed by atoms with Crippen LogP contribution in [0.3, 0.4) is 0 Å². The van der Waals surface area contributed by atoms with Gasteiger partial charge in [-0.1, -0.05) is 36.4 Å². The Kier molecular flexibility index (Phi) is 3.39. The summed E-state index contributed by atoms with van der Waals surface area (Å²) < 4.78 is 4.65. The van der Waals surface area contributed by atoms with E-state index in [1.165, 1.54) is 13.2 Å². The summed E-state index contributed by atoms with van der Waals surface area (Å²) in [5, 5.41) is 13.0. The maximum absolute atomic E-state index is 12.2. The van der Waals surface area contributed by atoms with Crippen LogP contribution in [0.15, 0.2) is 48.5 Å². The van der Waals surface area contributed by atoms with E-state index in [9.17, 15) is 14.7 Å². The number of methoxy groups -OCH3 is 1. The molecule has 0 unspecified atom stereocenters. The highest BCUT2D eigenvalue weighted by molar-refractivity contribution is 6.36. The minimum absolute atomic E-state index is 0.0948. The zero-order chi connectivity index (χ0) is 15.7. The van der Waals surface area contributed by atoms with Gasteiger partial charge in [0.05, 0.1) is 23.9 Å². The predicted octanol–water partition coefficient (Wildman–Crippen LogP) is 2.85. The summed E-state index contributed by atoms with van der Waals surface area (Å²) in [6, 6.07) is 13.5. The number of rotatable bonds is 2. The Morgan fingerprint density at radius 1 is 1.09 bits per heavy atom. The van der Waals surface area contributed by atoms with Crippen LogP contribution in [0, 0.1) is 0 Å². The molecule has 5 nitrogen and oxygen atoms in total. The number of carbonyl (C=O) groups excluding carboxylic acids is 2. The fourth-order valence-electron chi connectivity index (χ4n) is 2.39. The van der Waals surface area contributed by atoms with Crippen LogP contribution in [0.2, 0.25) is 0 Å². The van der Waals surface area contributed by atoms with Crippen LogP contribution in [0.5, 0.6) is 0 Å². The number of nitrogens with one attached hydrogen (secondary N) is 1. The summed E-state index contributed by atoms with van der Waals surface area (Å²) >= 11 is 0. The quantitative estimate of drug-likeness (QED) is 0.507. The number of aliphatic hydroxyl groups is 1. The minimum Gasteiger partial charge on any atom is -0.506 e. The van der Waals surface area contributed by atoms with Crippen molar-refractivity contribution < 1.29 is 19.4 Å². The second-order valence-electron chi connectivity index (χ2n) is 4.80. The van der Waals surface area contributed by atoms with Gasteiger partial charge in [0, 0.05) is 11.1 Å². The van der Waals surface area contributed by atoms with Crippen LogP contribution in [-0.2, 0) is 9.53 Å². The van der Waals surface area contributed by atoms with Gasteiger partial charge in [0.25, 0.3) is 5.91 Å². The molecule has 0 radical (unpaired) electrons. The Hall–Kier alpha value is -3.08. The van der Waals surface area contributed by atoms with E-state index in [1.807, 2.05) is 6.07 Å². The van der Waals surface area contributed by atoms with Gasteiger partial charge in [-0.15, -0.1) is 0 Å². The third-order valence-corrected chi connectivity index (χ3v) is 3.47. The van der Waals surface area contributed by atoms with Gasteiger partial charge in [-0.2, -0.15) is 0 Å². The molecule has 2 aromatic rings. The molecular formula is C17H13NO4.